The topological polar surface area (TPSA) is 58.2 Å². The van der Waals surface area contributed by atoms with Crippen molar-refractivity contribution in [3.63, 3.8) is 0 Å². The van der Waals surface area contributed by atoms with Crippen LogP contribution in [0.5, 0.6) is 0 Å². The minimum absolute atomic E-state index is 0.0594. The van der Waals surface area contributed by atoms with E-state index in [1.165, 1.54) is 6.08 Å². The maximum absolute atomic E-state index is 11.8. The number of benzene rings is 1. The third kappa shape index (κ3) is 4.60. The molecule has 0 spiro atoms. The van der Waals surface area contributed by atoms with Crippen molar-refractivity contribution < 1.29 is 9.59 Å². The molecule has 21 heavy (non-hydrogen) atoms. The van der Waals surface area contributed by atoms with E-state index in [4.69, 9.17) is 0 Å². The van der Waals surface area contributed by atoms with Gasteiger partial charge in [0.15, 0.2) is 0 Å². The molecule has 1 aromatic rings. The van der Waals surface area contributed by atoms with Crippen molar-refractivity contribution in [2.75, 3.05) is 10.6 Å². The predicted octanol–water partition coefficient (Wildman–Crippen LogP) is 3.41. The van der Waals surface area contributed by atoms with Crippen molar-refractivity contribution >= 4 is 23.2 Å². The Hall–Kier alpha value is -2.36. The highest BCUT2D eigenvalue weighted by Crippen LogP contribution is 2.30. The molecule has 0 saturated heterocycles. The Bertz CT molecular complexity index is 599. The maximum Gasteiger partial charge on any atom is 0.248 e. The number of rotatable bonds is 5. The SMILES string of the molecule is CC=CC=CC(=O)Nc1cc(NC(=O)C2CC2)ccc1C. The van der Waals surface area contributed by atoms with Crippen molar-refractivity contribution in [1.82, 2.24) is 0 Å². The summed E-state index contributed by atoms with van der Waals surface area (Å²) in [6.07, 6.45) is 8.73. The molecular weight excluding hydrogens is 264 g/mol. The second-order valence-electron chi connectivity index (χ2n) is 5.17. The summed E-state index contributed by atoms with van der Waals surface area (Å²) >= 11 is 0. The van der Waals surface area contributed by atoms with Crippen LogP contribution in [0.2, 0.25) is 0 Å². The van der Waals surface area contributed by atoms with Gasteiger partial charge in [0.25, 0.3) is 0 Å². The summed E-state index contributed by atoms with van der Waals surface area (Å²) in [5.74, 6) is 0.0269. The van der Waals surface area contributed by atoms with Gasteiger partial charge >= 0.3 is 0 Å². The van der Waals surface area contributed by atoms with Crippen LogP contribution in [0.15, 0.2) is 42.5 Å². The maximum atomic E-state index is 11.8. The fourth-order valence-electron chi connectivity index (χ4n) is 1.85. The summed E-state index contributed by atoms with van der Waals surface area (Å²) < 4.78 is 0. The lowest BCUT2D eigenvalue weighted by Gasteiger charge is -2.10. The molecule has 1 saturated carbocycles. The molecule has 2 N–H and O–H groups in total. The molecule has 0 unspecified atom stereocenters. The number of carbonyl (C=O) groups excluding carboxylic acids is 2. The molecule has 0 aliphatic heterocycles. The van der Waals surface area contributed by atoms with Crippen LogP contribution in [0.25, 0.3) is 0 Å². The largest absolute Gasteiger partial charge is 0.326 e. The van der Waals surface area contributed by atoms with Gasteiger partial charge in [-0.2, -0.15) is 0 Å². The molecule has 4 nitrogen and oxygen atoms in total. The van der Waals surface area contributed by atoms with Gasteiger partial charge in [-0.1, -0.05) is 24.3 Å². The van der Waals surface area contributed by atoms with E-state index >= 15 is 0 Å². The summed E-state index contributed by atoms with van der Waals surface area (Å²) in [4.78, 5) is 23.5. The smallest absolute Gasteiger partial charge is 0.248 e. The highest BCUT2D eigenvalue weighted by molar-refractivity contribution is 6.01. The number of carbonyl (C=O) groups is 2. The second-order valence-corrected chi connectivity index (χ2v) is 5.17. The van der Waals surface area contributed by atoms with Gasteiger partial charge in [-0.15, -0.1) is 0 Å². The van der Waals surface area contributed by atoms with Gasteiger partial charge in [-0.3, -0.25) is 9.59 Å². The summed E-state index contributed by atoms with van der Waals surface area (Å²) in [7, 11) is 0. The number of hydrogen-bond donors (Lipinski definition) is 2. The van der Waals surface area contributed by atoms with Gasteiger partial charge in [0.1, 0.15) is 0 Å². The molecule has 0 atom stereocenters. The van der Waals surface area contributed by atoms with E-state index in [0.717, 1.165) is 18.4 Å². The van der Waals surface area contributed by atoms with Gasteiger partial charge in [-0.25, -0.2) is 0 Å². The lowest BCUT2D eigenvalue weighted by atomic mass is 10.1. The van der Waals surface area contributed by atoms with Crippen molar-refractivity contribution in [1.29, 1.82) is 0 Å². The lowest BCUT2D eigenvalue weighted by Crippen LogP contribution is -2.14. The van der Waals surface area contributed by atoms with E-state index in [2.05, 4.69) is 10.6 Å². The zero-order chi connectivity index (χ0) is 15.2. The molecule has 4 heteroatoms. The third-order valence-electron chi connectivity index (χ3n) is 3.26. The molecule has 1 fully saturated rings. The molecule has 110 valence electrons. The minimum Gasteiger partial charge on any atom is -0.326 e. The minimum atomic E-state index is -0.193. The standard InChI is InChI=1S/C17H20N2O2/c1-3-4-5-6-16(20)19-15-11-14(10-7-12(15)2)18-17(21)13-8-9-13/h3-7,10-11,13H,8-9H2,1-2H3,(H,18,21)(H,19,20). The van der Waals surface area contributed by atoms with Crippen molar-refractivity contribution in [3.05, 3.63) is 48.1 Å². The van der Waals surface area contributed by atoms with Crippen LogP contribution in [0, 0.1) is 12.8 Å². The number of anilines is 2. The predicted molar refractivity (Wildman–Crippen MR) is 85.1 cm³/mol. The first-order valence-electron chi connectivity index (χ1n) is 7.12. The zero-order valence-corrected chi connectivity index (χ0v) is 12.3. The Morgan fingerprint density at radius 3 is 2.62 bits per heavy atom. The van der Waals surface area contributed by atoms with Crippen LogP contribution >= 0.6 is 0 Å². The summed E-state index contributed by atoms with van der Waals surface area (Å²) in [6, 6.07) is 5.52. The van der Waals surface area contributed by atoms with Crippen LogP contribution in [0.3, 0.4) is 0 Å². The van der Waals surface area contributed by atoms with Gasteiger partial charge in [0, 0.05) is 23.4 Å². The van der Waals surface area contributed by atoms with Gasteiger partial charge in [0.2, 0.25) is 11.8 Å². The van der Waals surface area contributed by atoms with E-state index in [1.54, 1.807) is 18.2 Å². The Morgan fingerprint density at radius 2 is 1.95 bits per heavy atom. The molecule has 0 aromatic heterocycles. The molecule has 0 heterocycles. The van der Waals surface area contributed by atoms with Crippen LogP contribution in [-0.2, 0) is 9.59 Å². The fraction of sp³-hybridized carbons (Fsp3) is 0.294. The van der Waals surface area contributed by atoms with Gasteiger partial charge in [-0.05, 0) is 44.4 Å². The molecule has 0 bridgehead atoms. The average Bonchev–Trinajstić information content (AvgIpc) is 3.27. The van der Waals surface area contributed by atoms with Crippen LogP contribution < -0.4 is 10.6 Å². The average molecular weight is 284 g/mol. The molecular formula is C17H20N2O2. The normalized spacial score (nSPS) is 14.6. The Balaban J connectivity index is 2.04. The number of hydrogen-bond acceptors (Lipinski definition) is 2. The summed E-state index contributed by atoms with van der Waals surface area (Å²) in [6.45, 7) is 3.80. The first kappa shape index (κ1) is 15.0. The highest BCUT2D eigenvalue weighted by atomic mass is 16.2. The summed E-state index contributed by atoms with van der Waals surface area (Å²) in [5, 5.41) is 5.69. The number of amides is 2. The number of aryl methyl sites for hydroxylation is 1. The van der Waals surface area contributed by atoms with Crippen molar-refractivity contribution in [3.8, 4) is 0 Å². The first-order valence-corrected chi connectivity index (χ1v) is 7.12. The zero-order valence-electron chi connectivity index (χ0n) is 12.3. The fourth-order valence-corrected chi connectivity index (χ4v) is 1.85. The van der Waals surface area contributed by atoms with E-state index in [9.17, 15) is 9.59 Å². The lowest BCUT2D eigenvalue weighted by molar-refractivity contribution is -0.117. The van der Waals surface area contributed by atoms with Crippen molar-refractivity contribution in [2.45, 2.75) is 26.7 Å². The van der Waals surface area contributed by atoms with Gasteiger partial charge < -0.3 is 10.6 Å². The third-order valence-corrected chi connectivity index (χ3v) is 3.26. The van der Waals surface area contributed by atoms with E-state index in [-0.39, 0.29) is 17.7 Å². The molecule has 1 aromatic carbocycles. The van der Waals surface area contributed by atoms with E-state index < -0.39 is 0 Å². The Kier molecular flexibility index (Phi) is 4.93. The Morgan fingerprint density at radius 1 is 1.19 bits per heavy atom. The van der Waals surface area contributed by atoms with Crippen molar-refractivity contribution in [2.24, 2.45) is 5.92 Å². The van der Waals surface area contributed by atoms with Gasteiger partial charge in [0.05, 0.1) is 0 Å². The van der Waals surface area contributed by atoms with Crippen LogP contribution in [-0.4, -0.2) is 11.8 Å². The molecule has 2 rings (SSSR count). The van der Waals surface area contributed by atoms with E-state index in [1.807, 2.05) is 32.1 Å². The highest BCUT2D eigenvalue weighted by Gasteiger charge is 2.29. The molecule has 2 amide bonds. The first-order chi connectivity index (χ1) is 10.1. The summed E-state index contributed by atoms with van der Waals surface area (Å²) in [5.41, 5.74) is 2.37. The molecule has 1 aliphatic carbocycles. The van der Waals surface area contributed by atoms with Crippen LogP contribution in [0.4, 0.5) is 11.4 Å². The monoisotopic (exact) mass is 284 g/mol. The Labute approximate surface area is 124 Å². The second kappa shape index (κ2) is 6.88. The number of allylic oxidation sites excluding steroid dienone is 3. The van der Waals surface area contributed by atoms with E-state index in [0.29, 0.717) is 11.4 Å². The van der Waals surface area contributed by atoms with Crippen LogP contribution in [0.1, 0.15) is 25.3 Å². The quantitative estimate of drug-likeness (QED) is 0.643. The molecule has 0 radical (unpaired) electrons. The number of nitrogens with one attached hydrogen (secondary N) is 2. The molecule has 1 aliphatic rings.